The number of ether oxygens (including phenoxy) is 1. The van der Waals surface area contributed by atoms with Crippen LogP contribution in [-0.2, 0) is 9.53 Å². The standard InChI is InChI=1S/C17H24O2/c1-17(2,3)19-16(18)10-14-8-13-7-12(9-15(13)14)11-5-4-6-11/h9-11,13,15H,4-8H2,1-3H3/t13-,15-/m0/s1. The number of hydrogen-bond donors (Lipinski definition) is 0. The highest BCUT2D eigenvalue weighted by atomic mass is 16.6. The number of rotatable bonds is 2. The third kappa shape index (κ3) is 2.63. The molecule has 3 aliphatic rings. The van der Waals surface area contributed by atoms with Gasteiger partial charge in [-0.2, -0.15) is 0 Å². The first-order valence-corrected chi connectivity index (χ1v) is 7.56. The summed E-state index contributed by atoms with van der Waals surface area (Å²) in [6.45, 7) is 5.74. The quantitative estimate of drug-likeness (QED) is 0.426. The van der Waals surface area contributed by atoms with Gasteiger partial charge in [0.1, 0.15) is 5.60 Å². The summed E-state index contributed by atoms with van der Waals surface area (Å²) in [5.41, 5.74) is 2.57. The van der Waals surface area contributed by atoms with Crippen LogP contribution >= 0.6 is 0 Å². The number of carbonyl (C=O) groups is 1. The second kappa shape index (κ2) is 4.50. The smallest absolute Gasteiger partial charge is 0.331 e. The van der Waals surface area contributed by atoms with E-state index in [1.807, 2.05) is 20.8 Å². The van der Waals surface area contributed by atoms with Crippen LogP contribution in [-0.4, -0.2) is 11.6 Å². The highest BCUT2D eigenvalue weighted by Crippen LogP contribution is 2.53. The fourth-order valence-electron chi connectivity index (χ4n) is 3.47. The number of carbonyl (C=O) groups excluding carboxylic acids is 1. The van der Waals surface area contributed by atoms with Crippen LogP contribution in [0.1, 0.15) is 52.9 Å². The predicted molar refractivity (Wildman–Crippen MR) is 75.6 cm³/mol. The molecule has 0 amide bonds. The Balaban J connectivity index is 1.62. The van der Waals surface area contributed by atoms with E-state index in [-0.39, 0.29) is 11.6 Å². The van der Waals surface area contributed by atoms with Crippen molar-refractivity contribution < 1.29 is 9.53 Å². The lowest BCUT2D eigenvalue weighted by atomic mass is 9.70. The van der Waals surface area contributed by atoms with E-state index < -0.39 is 0 Å². The molecule has 0 aromatic rings. The molecule has 0 bridgehead atoms. The lowest BCUT2D eigenvalue weighted by Crippen LogP contribution is -2.27. The van der Waals surface area contributed by atoms with Crippen molar-refractivity contribution in [3.63, 3.8) is 0 Å². The minimum Gasteiger partial charge on any atom is -0.457 e. The van der Waals surface area contributed by atoms with E-state index in [2.05, 4.69) is 6.08 Å². The van der Waals surface area contributed by atoms with Crippen molar-refractivity contribution in [1.82, 2.24) is 0 Å². The normalized spacial score (nSPS) is 32.4. The van der Waals surface area contributed by atoms with Crippen LogP contribution in [0.4, 0.5) is 0 Å². The molecule has 0 saturated heterocycles. The van der Waals surface area contributed by atoms with Crippen molar-refractivity contribution in [2.75, 3.05) is 0 Å². The van der Waals surface area contributed by atoms with Crippen LogP contribution in [0.5, 0.6) is 0 Å². The summed E-state index contributed by atoms with van der Waals surface area (Å²) >= 11 is 0. The third-order valence-electron chi connectivity index (χ3n) is 4.67. The molecule has 2 fully saturated rings. The maximum absolute atomic E-state index is 11.8. The van der Waals surface area contributed by atoms with E-state index >= 15 is 0 Å². The first kappa shape index (κ1) is 13.0. The fraction of sp³-hybridized carbons (Fsp3) is 0.706. The summed E-state index contributed by atoms with van der Waals surface area (Å²) in [7, 11) is 0. The Hall–Kier alpha value is -1.05. The lowest BCUT2D eigenvalue weighted by molar-refractivity contribution is -0.148. The second-order valence-electron chi connectivity index (χ2n) is 7.32. The van der Waals surface area contributed by atoms with Gasteiger partial charge in [-0.1, -0.05) is 23.6 Å². The van der Waals surface area contributed by atoms with Crippen molar-refractivity contribution in [2.24, 2.45) is 17.8 Å². The molecule has 2 heteroatoms. The van der Waals surface area contributed by atoms with Gasteiger partial charge in [0.2, 0.25) is 0 Å². The first-order valence-electron chi connectivity index (χ1n) is 7.56. The Bertz CT molecular complexity index is 446. The van der Waals surface area contributed by atoms with E-state index in [1.165, 1.54) is 31.3 Å². The van der Waals surface area contributed by atoms with Gasteiger partial charge < -0.3 is 4.74 Å². The molecule has 0 aliphatic heterocycles. The third-order valence-corrected chi connectivity index (χ3v) is 4.67. The van der Waals surface area contributed by atoms with Gasteiger partial charge in [-0.05, 0) is 58.3 Å². The zero-order valence-corrected chi connectivity index (χ0v) is 12.2. The minimum atomic E-state index is -0.389. The second-order valence-corrected chi connectivity index (χ2v) is 7.32. The van der Waals surface area contributed by atoms with Crippen LogP contribution < -0.4 is 0 Å². The molecular weight excluding hydrogens is 236 g/mol. The first-order chi connectivity index (χ1) is 8.92. The van der Waals surface area contributed by atoms with Gasteiger partial charge in [0.05, 0.1) is 0 Å². The van der Waals surface area contributed by atoms with E-state index in [4.69, 9.17) is 4.74 Å². The molecule has 0 spiro atoms. The molecule has 0 N–H and O–H groups in total. The Morgan fingerprint density at radius 1 is 1.32 bits per heavy atom. The van der Waals surface area contributed by atoms with Crippen molar-refractivity contribution in [2.45, 2.75) is 58.5 Å². The van der Waals surface area contributed by atoms with Crippen molar-refractivity contribution >= 4 is 5.97 Å². The largest absolute Gasteiger partial charge is 0.457 e. The van der Waals surface area contributed by atoms with Crippen molar-refractivity contribution in [1.29, 1.82) is 0 Å². The number of allylic oxidation sites excluding steroid dienone is 3. The molecule has 0 heterocycles. The van der Waals surface area contributed by atoms with Gasteiger partial charge in [-0.3, -0.25) is 0 Å². The maximum Gasteiger partial charge on any atom is 0.331 e. The fourth-order valence-corrected chi connectivity index (χ4v) is 3.47. The zero-order chi connectivity index (χ0) is 13.6. The average Bonchev–Trinajstić information content (AvgIpc) is 2.48. The molecule has 3 aliphatic carbocycles. The number of fused-ring (bicyclic) bond motifs is 1. The summed E-state index contributed by atoms with van der Waals surface area (Å²) in [4.78, 5) is 11.8. The highest BCUT2D eigenvalue weighted by Gasteiger charge is 2.41. The van der Waals surface area contributed by atoms with Gasteiger partial charge in [0.25, 0.3) is 0 Å². The SMILES string of the molecule is CC(C)(C)OC(=O)C=C1C[C@@H]2CC(C3CCC3)=C[C@H]12. The van der Waals surface area contributed by atoms with E-state index in [0.717, 1.165) is 18.3 Å². The summed E-state index contributed by atoms with van der Waals surface area (Å²) in [6, 6.07) is 0. The highest BCUT2D eigenvalue weighted by molar-refractivity contribution is 5.83. The van der Waals surface area contributed by atoms with Gasteiger partial charge in [-0.15, -0.1) is 0 Å². The van der Waals surface area contributed by atoms with Crippen LogP contribution in [0.2, 0.25) is 0 Å². The minimum absolute atomic E-state index is 0.175. The van der Waals surface area contributed by atoms with E-state index in [1.54, 1.807) is 11.6 Å². The lowest BCUT2D eigenvalue weighted by Gasteiger charge is -2.34. The van der Waals surface area contributed by atoms with Gasteiger partial charge in [-0.25, -0.2) is 4.79 Å². The average molecular weight is 260 g/mol. The van der Waals surface area contributed by atoms with E-state index in [0.29, 0.717) is 5.92 Å². The zero-order valence-electron chi connectivity index (χ0n) is 12.2. The topological polar surface area (TPSA) is 26.3 Å². The maximum atomic E-state index is 11.8. The molecule has 0 radical (unpaired) electrons. The summed E-state index contributed by atoms with van der Waals surface area (Å²) in [5, 5.41) is 0. The molecule has 0 aromatic carbocycles. The van der Waals surface area contributed by atoms with Crippen LogP contribution in [0.25, 0.3) is 0 Å². The molecule has 104 valence electrons. The van der Waals surface area contributed by atoms with Gasteiger partial charge in [0, 0.05) is 12.0 Å². The molecule has 2 atom stereocenters. The number of esters is 1. The summed E-state index contributed by atoms with van der Waals surface area (Å²) in [5.74, 6) is 2.02. The molecule has 0 unspecified atom stereocenters. The molecule has 3 rings (SSSR count). The molecule has 19 heavy (non-hydrogen) atoms. The van der Waals surface area contributed by atoms with Crippen LogP contribution in [0, 0.1) is 17.8 Å². The van der Waals surface area contributed by atoms with Crippen molar-refractivity contribution in [3.8, 4) is 0 Å². The van der Waals surface area contributed by atoms with E-state index in [9.17, 15) is 4.79 Å². The Morgan fingerprint density at radius 3 is 2.63 bits per heavy atom. The van der Waals surface area contributed by atoms with Gasteiger partial charge >= 0.3 is 5.97 Å². The van der Waals surface area contributed by atoms with Crippen LogP contribution in [0.3, 0.4) is 0 Å². The molecular formula is C17H24O2. The van der Waals surface area contributed by atoms with Crippen LogP contribution in [0.15, 0.2) is 23.3 Å². The van der Waals surface area contributed by atoms with Gasteiger partial charge in [0.15, 0.2) is 0 Å². The summed E-state index contributed by atoms with van der Waals surface area (Å²) < 4.78 is 5.36. The predicted octanol–water partition coefficient (Wildman–Crippen LogP) is 4.02. The Labute approximate surface area is 115 Å². The number of hydrogen-bond acceptors (Lipinski definition) is 2. The molecule has 0 aromatic heterocycles. The van der Waals surface area contributed by atoms with Crippen molar-refractivity contribution in [3.05, 3.63) is 23.3 Å². The molecule has 2 nitrogen and oxygen atoms in total. The Morgan fingerprint density at radius 2 is 2.05 bits per heavy atom. The summed E-state index contributed by atoms with van der Waals surface area (Å²) in [6.07, 6.45) is 10.7. The monoisotopic (exact) mass is 260 g/mol. The molecule has 2 saturated carbocycles. The Kier molecular flexibility index (Phi) is 3.07.